The van der Waals surface area contributed by atoms with E-state index in [-0.39, 0.29) is 10.1 Å². The lowest BCUT2D eigenvalue weighted by Gasteiger charge is -2.29. The van der Waals surface area contributed by atoms with Crippen molar-refractivity contribution in [1.82, 2.24) is 4.31 Å². The van der Waals surface area contributed by atoms with Gasteiger partial charge >= 0.3 is 0 Å². The molecule has 29 heavy (non-hydrogen) atoms. The van der Waals surface area contributed by atoms with Crippen molar-refractivity contribution < 1.29 is 17.9 Å². The normalized spacial score (nSPS) is 20.7. The van der Waals surface area contributed by atoms with Crippen molar-refractivity contribution >= 4 is 50.2 Å². The van der Waals surface area contributed by atoms with Crippen LogP contribution in [-0.2, 0) is 19.6 Å². The van der Waals surface area contributed by atoms with Crippen molar-refractivity contribution in [3.05, 3.63) is 40.7 Å². The third kappa shape index (κ3) is 4.44. The molecule has 2 saturated heterocycles. The third-order valence-electron chi connectivity index (χ3n) is 5.13. The summed E-state index contributed by atoms with van der Waals surface area (Å²) in [5.74, 6) is -0.312. The van der Waals surface area contributed by atoms with Crippen LogP contribution in [0.4, 0.5) is 11.4 Å². The average molecular weight is 456 g/mol. The number of amides is 1. The Morgan fingerprint density at radius 3 is 2.48 bits per heavy atom. The van der Waals surface area contributed by atoms with Crippen LogP contribution >= 0.6 is 22.9 Å². The molecule has 0 unspecified atom stereocenters. The van der Waals surface area contributed by atoms with Crippen molar-refractivity contribution in [3.63, 3.8) is 0 Å². The Hall–Kier alpha value is -1.65. The zero-order chi connectivity index (χ0) is 20.4. The minimum atomic E-state index is -3.74. The molecule has 4 rings (SSSR count). The third-order valence-corrected chi connectivity index (χ3v) is 8.74. The van der Waals surface area contributed by atoms with Crippen LogP contribution in [0, 0.1) is 0 Å². The van der Waals surface area contributed by atoms with Crippen molar-refractivity contribution in [3.8, 4) is 0 Å². The number of benzene rings is 1. The molecule has 3 heterocycles. The quantitative estimate of drug-likeness (QED) is 0.749. The minimum Gasteiger partial charge on any atom is -0.378 e. The second-order valence-corrected chi connectivity index (χ2v) is 10.8. The molecule has 10 heteroatoms. The number of rotatable bonds is 5. The highest BCUT2D eigenvalue weighted by Crippen LogP contribution is 2.32. The fourth-order valence-electron chi connectivity index (χ4n) is 3.64. The van der Waals surface area contributed by atoms with E-state index in [4.69, 9.17) is 16.3 Å². The topological polar surface area (TPSA) is 79.0 Å². The molecular weight excluding hydrogens is 434 g/mol. The molecule has 7 nitrogen and oxygen atoms in total. The van der Waals surface area contributed by atoms with Crippen molar-refractivity contribution in [1.29, 1.82) is 0 Å². The fraction of sp³-hybridized carbons (Fsp3) is 0.421. The van der Waals surface area contributed by atoms with E-state index in [2.05, 4.69) is 10.2 Å². The van der Waals surface area contributed by atoms with Crippen LogP contribution in [0.1, 0.15) is 12.8 Å². The monoisotopic (exact) mass is 455 g/mol. The van der Waals surface area contributed by atoms with E-state index in [1.807, 2.05) is 24.3 Å². The molecule has 2 fully saturated rings. The number of morpholine rings is 1. The number of halogens is 1. The Balaban J connectivity index is 1.44. The van der Waals surface area contributed by atoms with E-state index < -0.39 is 16.1 Å². The fourth-order valence-corrected chi connectivity index (χ4v) is 6.91. The maximum atomic E-state index is 12.9. The van der Waals surface area contributed by atoms with Gasteiger partial charge in [-0.3, -0.25) is 4.79 Å². The highest BCUT2D eigenvalue weighted by atomic mass is 35.5. The molecule has 156 valence electrons. The molecule has 1 N–H and O–H groups in total. The van der Waals surface area contributed by atoms with Crippen molar-refractivity contribution in [2.24, 2.45) is 0 Å². The molecule has 1 aromatic carbocycles. The van der Waals surface area contributed by atoms with Gasteiger partial charge in [0.1, 0.15) is 10.3 Å². The van der Waals surface area contributed by atoms with Gasteiger partial charge < -0.3 is 15.0 Å². The van der Waals surface area contributed by atoms with Crippen molar-refractivity contribution in [2.45, 2.75) is 23.1 Å². The molecule has 2 aromatic rings. The van der Waals surface area contributed by atoms with Crippen LogP contribution < -0.4 is 10.2 Å². The summed E-state index contributed by atoms with van der Waals surface area (Å²) in [5.41, 5.74) is 1.72. The number of carbonyl (C=O) groups is 1. The smallest absolute Gasteiger partial charge is 0.253 e. The first-order valence-electron chi connectivity index (χ1n) is 9.46. The molecule has 2 aliphatic rings. The van der Waals surface area contributed by atoms with Crippen LogP contribution in [0.3, 0.4) is 0 Å². The summed E-state index contributed by atoms with van der Waals surface area (Å²) < 4.78 is 33.1. The Kier molecular flexibility index (Phi) is 6.12. The summed E-state index contributed by atoms with van der Waals surface area (Å²) in [5, 5.41) is 2.86. The Morgan fingerprint density at radius 1 is 1.10 bits per heavy atom. The van der Waals surface area contributed by atoms with Crippen LogP contribution in [0.15, 0.2) is 40.6 Å². The predicted octanol–water partition coefficient (Wildman–Crippen LogP) is 3.03. The Labute approximate surface area is 179 Å². The number of nitrogens with zero attached hydrogens (tertiary/aromatic N) is 2. The summed E-state index contributed by atoms with van der Waals surface area (Å²) in [6.45, 7) is 3.42. The zero-order valence-corrected chi connectivity index (χ0v) is 18.1. The van der Waals surface area contributed by atoms with Gasteiger partial charge in [-0.2, -0.15) is 4.31 Å². The maximum absolute atomic E-state index is 12.9. The molecule has 0 radical (unpaired) electrons. The predicted molar refractivity (Wildman–Crippen MR) is 114 cm³/mol. The second kappa shape index (κ2) is 8.61. The number of sulfonamides is 1. The van der Waals surface area contributed by atoms with Crippen LogP contribution in [0.2, 0.25) is 4.34 Å². The molecule has 0 saturated carbocycles. The van der Waals surface area contributed by atoms with E-state index in [0.717, 1.165) is 30.1 Å². The zero-order valence-electron chi connectivity index (χ0n) is 15.7. The van der Waals surface area contributed by atoms with Crippen LogP contribution in [-0.4, -0.2) is 57.5 Å². The lowest BCUT2D eigenvalue weighted by Crippen LogP contribution is -2.42. The number of thiophene rings is 1. The molecule has 0 bridgehead atoms. The average Bonchev–Trinajstić information content (AvgIpc) is 3.39. The number of carbonyl (C=O) groups excluding carboxylic acids is 1. The highest BCUT2D eigenvalue weighted by Gasteiger charge is 2.40. The van der Waals surface area contributed by atoms with Gasteiger partial charge in [0.25, 0.3) is 10.0 Å². The lowest BCUT2D eigenvalue weighted by molar-refractivity contribution is -0.119. The second-order valence-electron chi connectivity index (χ2n) is 6.97. The van der Waals surface area contributed by atoms with Gasteiger partial charge in [0.2, 0.25) is 5.91 Å². The summed E-state index contributed by atoms with van der Waals surface area (Å²) in [6, 6.07) is 9.92. The summed E-state index contributed by atoms with van der Waals surface area (Å²) in [6.07, 6.45) is 1.14. The minimum absolute atomic E-state index is 0.164. The number of nitrogens with one attached hydrogen (secondary N) is 1. The number of anilines is 2. The molecule has 2 aliphatic heterocycles. The molecule has 0 spiro atoms. The molecule has 1 aromatic heterocycles. The van der Waals surface area contributed by atoms with Crippen molar-refractivity contribution in [2.75, 3.05) is 43.1 Å². The number of hydrogen-bond acceptors (Lipinski definition) is 6. The summed E-state index contributed by atoms with van der Waals surface area (Å²) in [4.78, 5) is 15.1. The molecule has 1 atom stereocenters. The Bertz CT molecular complexity index is 972. The maximum Gasteiger partial charge on any atom is 0.253 e. The van der Waals surface area contributed by atoms with E-state index in [1.54, 1.807) is 6.07 Å². The number of hydrogen-bond donors (Lipinski definition) is 1. The molecular formula is C19H22ClN3O4S2. The largest absolute Gasteiger partial charge is 0.378 e. The first-order chi connectivity index (χ1) is 13.9. The van der Waals surface area contributed by atoms with Crippen LogP contribution in [0.25, 0.3) is 0 Å². The highest BCUT2D eigenvalue weighted by molar-refractivity contribution is 7.91. The van der Waals surface area contributed by atoms with Gasteiger partial charge in [-0.25, -0.2) is 8.42 Å². The summed E-state index contributed by atoms with van der Waals surface area (Å²) in [7, 11) is -3.74. The van der Waals surface area contributed by atoms with E-state index >= 15 is 0 Å². The lowest BCUT2D eigenvalue weighted by atomic mass is 10.2. The molecule has 1 amide bonds. The van der Waals surface area contributed by atoms with E-state index in [0.29, 0.717) is 42.6 Å². The van der Waals surface area contributed by atoms with Gasteiger partial charge in [-0.05, 0) is 49.2 Å². The molecule has 0 aliphatic carbocycles. The van der Waals surface area contributed by atoms with Gasteiger partial charge in [-0.15, -0.1) is 11.3 Å². The van der Waals surface area contributed by atoms with Gasteiger partial charge in [0.15, 0.2) is 0 Å². The number of ether oxygens (including phenoxy) is 1. The standard InChI is InChI=1S/C19H22ClN3O4S2/c20-17-7-8-18(28-17)29(25,26)23-9-1-2-16(23)19(24)21-14-3-5-15(6-4-14)22-10-12-27-13-11-22/h3-8,16H,1-2,9-13H2,(H,21,24)/t16-/m0/s1. The van der Waals surface area contributed by atoms with Gasteiger partial charge in [0.05, 0.1) is 17.6 Å². The van der Waals surface area contributed by atoms with Crippen LogP contribution in [0.5, 0.6) is 0 Å². The van der Waals surface area contributed by atoms with E-state index in [9.17, 15) is 13.2 Å². The van der Waals surface area contributed by atoms with Gasteiger partial charge in [-0.1, -0.05) is 11.6 Å². The Morgan fingerprint density at radius 2 is 1.83 bits per heavy atom. The summed E-state index contributed by atoms with van der Waals surface area (Å²) >= 11 is 6.90. The van der Waals surface area contributed by atoms with E-state index in [1.165, 1.54) is 10.4 Å². The first kappa shape index (κ1) is 20.6. The first-order valence-corrected chi connectivity index (χ1v) is 12.1. The van der Waals surface area contributed by atoms with Gasteiger partial charge in [0, 0.05) is 31.0 Å². The SMILES string of the molecule is O=C(Nc1ccc(N2CCOCC2)cc1)[C@@H]1CCCN1S(=O)(=O)c1ccc(Cl)s1.